The van der Waals surface area contributed by atoms with Gasteiger partial charge in [-0.05, 0) is 53.8 Å². The number of aromatic amines is 2. The highest BCUT2D eigenvalue weighted by molar-refractivity contribution is 7.13. The Kier molecular flexibility index (Phi) is 20.6. The van der Waals surface area contributed by atoms with E-state index in [9.17, 15) is 33.5 Å². The Labute approximate surface area is 467 Å². The molecule has 3 aromatic heterocycles. The average molecular weight is 1130 g/mol. The van der Waals surface area contributed by atoms with E-state index in [1.807, 2.05) is 70.2 Å². The lowest BCUT2D eigenvalue weighted by molar-refractivity contribution is -0.142. The minimum absolute atomic E-state index is 0.0248. The number of imidazole rings is 1. The molecule has 0 unspecified atom stereocenters. The summed E-state index contributed by atoms with van der Waals surface area (Å²) in [5.74, 6) is -1.17. The van der Waals surface area contributed by atoms with E-state index in [2.05, 4.69) is 51.0 Å². The number of anilines is 2. The first-order chi connectivity index (χ1) is 38.5. The van der Waals surface area contributed by atoms with Crippen LogP contribution in [0.15, 0.2) is 71.0 Å². The molecule has 0 bridgehead atoms. The van der Waals surface area contributed by atoms with Gasteiger partial charge in [0.25, 0.3) is 5.56 Å². The quantitative estimate of drug-likeness (QED) is 0.0358. The molecule has 2 fully saturated rings. The van der Waals surface area contributed by atoms with Gasteiger partial charge in [-0.1, -0.05) is 51.1 Å². The lowest BCUT2D eigenvalue weighted by Crippen LogP contribution is -2.59. The third-order valence-electron chi connectivity index (χ3n) is 14.0. The molecule has 2 aliphatic heterocycles. The molecule has 9 N–H and O–H groups in total. The number of aromatic nitrogens is 4. The Balaban J connectivity index is 0.616. The van der Waals surface area contributed by atoms with Gasteiger partial charge in [0.2, 0.25) is 17.7 Å². The number of nitrogens with two attached hydrogens (primary N) is 1. The molecule has 3 aromatic carbocycles. The molecule has 430 valence electrons. The van der Waals surface area contributed by atoms with Gasteiger partial charge in [0.05, 0.1) is 103 Å². The van der Waals surface area contributed by atoms with Crippen LogP contribution < -0.4 is 37.5 Å². The number of carbonyl (C=O) groups is 4. The zero-order valence-electron chi connectivity index (χ0n) is 45.7. The number of pyridine rings is 1. The fourth-order valence-corrected chi connectivity index (χ4v) is 10.5. The number of hydrogen-bond acceptors (Lipinski definition) is 16. The van der Waals surface area contributed by atoms with Crippen LogP contribution in [0.2, 0.25) is 0 Å². The molecule has 5 amide bonds. The van der Waals surface area contributed by atoms with Crippen LogP contribution in [-0.4, -0.2) is 182 Å². The fraction of sp³-hybridized carbons (Fsp3) is 0.482. The van der Waals surface area contributed by atoms with Crippen LogP contribution in [0.3, 0.4) is 0 Å². The van der Waals surface area contributed by atoms with Gasteiger partial charge in [-0.3, -0.25) is 24.1 Å². The van der Waals surface area contributed by atoms with Crippen molar-refractivity contribution < 1.29 is 47.6 Å². The smallest absolute Gasteiger partial charge is 0.315 e. The van der Waals surface area contributed by atoms with E-state index in [1.54, 1.807) is 22.9 Å². The van der Waals surface area contributed by atoms with Gasteiger partial charge in [-0.2, -0.15) is 0 Å². The molecule has 0 saturated carbocycles. The summed E-state index contributed by atoms with van der Waals surface area (Å²) in [5.41, 5.74) is 12.7. The van der Waals surface area contributed by atoms with Crippen LogP contribution in [0.1, 0.15) is 44.9 Å². The van der Waals surface area contributed by atoms with E-state index in [-0.39, 0.29) is 80.0 Å². The van der Waals surface area contributed by atoms with Crippen molar-refractivity contribution in [2.75, 3.05) is 116 Å². The van der Waals surface area contributed by atoms with Gasteiger partial charge in [0.1, 0.15) is 29.3 Å². The predicted octanol–water partition coefficient (Wildman–Crippen LogP) is 3.91. The summed E-state index contributed by atoms with van der Waals surface area (Å²) >= 11 is 1.57. The van der Waals surface area contributed by atoms with Crippen molar-refractivity contribution in [1.82, 2.24) is 51.0 Å². The van der Waals surface area contributed by atoms with Crippen molar-refractivity contribution in [3.05, 3.63) is 93.6 Å². The molecule has 24 heteroatoms. The highest BCUT2D eigenvalue weighted by Crippen LogP contribution is 2.32. The van der Waals surface area contributed by atoms with Gasteiger partial charge >= 0.3 is 6.03 Å². The van der Waals surface area contributed by atoms with Crippen molar-refractivity contribution in [2.24, 2.45) is 5.41 Å². The van der Waals surface area contributed by atoms with Crippen LogP contribution in [0.4, 0.5) is 20.6 Å². The maximum Gasteiger partial charge on any atom is 0.315 e. The average Bonchev–Trinajstić information content (AvgIpc) is 4.25. The van der Waals surface area contributed by atoms with Crippen molar-refractivity contribution in [2.45, 2.75) is 65.3 Å². The zero-order valence-corrected chi connectivity index (χ0v) is 46.6. The molecular weight excluding hydrogens is 1050 g/mol. The maximum absolute atomic E-state index is 14.6. The van der Waals surface area contributed by atoms with E-state index >= 15 is 0 Å². The predicted molar refractivity (Wildman–Crippen MR) is 304 cm³/mol. The molecule has 80 heavy (non-hydrogen) atoms. The molecule has 0 spiro atoms. The SMILES string of the molecule is Cc1ncsc1-c1ccc(CNC(=O)[C@@H]2C[C@@H](O)CN2C(=O)[C@@H](NC(=O)NCCOCCOCCOCCOCCC(=O)NCCN2CCN(c3ccc4[nH]c(-c5c(N)c6c(F)cccc6[nH]c5=O)nc4c3)CC2)C(C)(C)C)cc1. The summed E-state index contributed by atoms with van der Waals surface area (Å²) in [7, 11) is 0. The molecule has 22 nitrogen and oxygen atoms in total. The number of aryl methyl sites for hydroxylation is 1. The Morgan fingerprint density at radius 2 is 1.56 bits per heavy atom. The van der Waals surface area contributed by atoms with Gasteiger partial charge in [0, 0.05) is 77.4 Å². The normalized spacial score (nSPS) is 16.3. The van der Waals surface area contributed by atoms with E-state index in [1.165, 1.54) is 17.0 Å². The highest BCUT2D eigenvalue weighted by atomic mass is 32.1. The first-order valence-electron chi connectivity index (χ1n) is 27.0. The number of fused-ring (bicyclic) bond motifs is 2. The van der Waals surface area contributed by atoms with Gasteiger partial charge in [0.15, 0.2) is 0 Å². The molecule has 3 atom stereocenters. The molecule has 5 heterocycles. The van der Waals surface area contributed by atoms with E-state index in [4.69, 9.17) is 24.7 Å². The molecular formula is C56H73FN12O10S. The second-order valence-electron chi connectivity index (χ2n) is 20.8. The molecule has 0 aliphatic carbocycles. The lowest BCUT2D eigenvalue weighted by Gasteiger charge is -2.36. The number of nitrogens with one attached hydrogen (secondary N) is 6. The number of urea groups is 1. The number of nitrogens with zero attached hydrogens (tertiary/aromatic N) is 5. The molecule has 6 aromatic rings. The number of likely N-dealkylation sites (tertiary alicyclic amines) is 1. The number of β-amino-alcohol motifs (C(OH)–C–C–N with tert-alkyl or cyclic N) is 1. The highest BCUT2D eigenvalue weighted by Gasteiger charge is 2.44. The molecule has 2 aliphatic rings. The standard InChI is InChI=1S/C56H73FN12O10S/c1-35-49(80-34-62-35)37-10-8-36(9-11-37)32-61-52(72)44-31-39(70)33-69(44)54(74)50(56(2,3)4)66-55(75)60-16-23-77-25-27-79-29-28-78-26-24-76-22-14-45(71)59-15-17-67-18-20-68(21-19-67)38-12-13-41-43(30-38)64-51(63-41)47-48(58)46-40(57)6-5-7-42(46)65-53(47)73/h5-13,30,34,39,44,50,70H,14-29,31-33H2,1-4H3,(H,59,71)(H,61,72)(H,63,64)(H3,58,65,73)(H2,60,66,75)/t39-,44+,50-/m1/s1. The van der Waals surface area contributed by atoms with E-state index in [0.29, 0.717) is 57.2 Å². The van der Waals surface area contributed by atoms with Crippen molar-refractivity contribution in [1.29, 1.82) is 0 Å². The summed E-state index contributed by atoms with van der Waals surface area (Å²) in [5, 5.41) is 22.1. The maximum atomic E-state index is 14.6. The first-order valence-corrected chi connectivity index (χ1v) is 27.9. The topological polar surface area (TPSA) is 284 Å². The van der Waals surface area contributed by atoms with Gasteiger partial charge in [-0.15, -0.1) is 11.3 Å². The van der Waals surface area contributed by atoms with Crippen LogP contribution in [-0.2, 0) is 39.9 Å². The summed E-state index contributed by atoms with van der Waals surface area (Å²) in [6.45, 7) is 14.8. The van der Waals surface area contributed by atoms with E-state index < -0.39 is 46.9 Å². The molecule has 2 saturated heterocycles. The van der Waals surface area contributed by atoms with Crippen LogP contribution >= 0.6 is 11.3 Å². The van der Waals surface area contributed by atoms with Crippen LogP contribution in [0.5, 0.6) is 0 Å². The Morgan fingerprint density at radius 3 is 2.25 bits per heavy atom. The zero-order chi connectivity index (χ0) is 56.8. The number of hydrogen-bond donors (Lipinski definition) is 8. The number of aliphatic hydroxyl groups is 1. The first kappa shape index (κ1) is 59.1. The van der Waals surface area contributed by atoms with Crippen molar-refractivity contribution >= 4 is 68.4 Å². The number of H-pyrrole nitrogens is 2. The number of benzene rings is 3. The molecule has 0 radical (unpaired) electrons. The number of amides is 5. The van der Waals surface area contributed by atoms with Gasteiger partial charge in [-0.25, -0.2) is 19.2 Å². The van der Waals surface area contributed by atoms with Crippen molar-refractivity contribution in [3.63, 3.8) is 0 Å². The minimum atomic E-state index is -0.979. The largest absolute Gasteiger partial charge is 0.397 e. The summed E-state index contributed by atoms with van der Waals surface area (Å²) in [6, 6.07) is 15.7. The molecule has 8 rings (SSSR count). The third-order valence-corrected chi connectivity index (χ3v) is 15.0. The Hall–Kier alpha value is -7.06. The number of carbonyl (C=O) groups excluding carboxylic acids is 4. The summed E-state index contributed by atoms with van der Waals surface area (Å²) < 4.78 is 36.9. The number of halogens is 1. The van der Waals surface area contributed by atoms with Gasteiger partial charge < -0.3 is 70.8 Å². The van der Waals surface area contributed by atoms with Crippen molar-refractivity contribution in [3.8, 4) is 21.8 Å². The Bertz CT molecular complexity index is 3120. The second-order valence-corrected chi connectivity index (χ2v) is 21.7. The summed E-state index contributed by atoms with van der Waals surface area (Å²) in [4.78, 5) is 87.6. The number of piperazine rings is 1. The number of ether oxygens (including phenoxy) is 4. The van der Waals surface area contributed by atoms with E-state index in [0.717, 1.165) is 65.6 Å². The Morgan fingerprint density at radius 1 is 0.863 bits per heavy atom. The summed E-state index contributed by atoms with van der Waals surface area (Å²) in [6.07, 6.45) is -0.551. The lowest BCUT2D eigenvalue weighted by atomic mass is 9.85. The number of aliphatic hydroxyl groups excluding tert-OH is 1. The van der Waals surface area contributed by atoms with Crippen LogP contribution in [0.25, 0.3) is 43.8 Å². The number of nitrogen functional groups attached to an aromatic ring is 1. The van der Waals surface area contributed by atoms with Crippen LogP contribution in [0, 0.1) is 18.2 Å². The second kappa shape index (κ2) is 27.9. The monoisotopic (exact) mass is 1120 g/mol. The number of thiazole rings is 1. The fourth-order valence-electron chi connectivity index (χ4n) is 9.68. The third kappa shape index (κ3) is 15.6. The number of rotatable bonds is 26. The minimum Gasteiger partial charge on any atom is -0.397 e.